The number of piperidine rings is 1. The average molecular weight is 497 g/mol. The van der Waals surface area contributed by atoms with Gasteiger partial charge in [0.05, 0.1) is 11.4 Å². The van der Waals surface area contributed by atoms with E-state index in [-0.39, 0.29) is 42.3 Å². The fourth-order valence-corrected chi connectivity index (χ4v) is 4.87. The van der Waals surface area contributed by atoms with Gasteiger partial charge in [0, 0.05) is 19.0 Å². The second-order valence-electron chi connectivity index (χ2n) is 8.64. The first-order valence-electron chi connectivity index (χ1n) is 11.0. The van der Waals surface area contributed by atoms with E-state index in [0.29, 0.717) is 12.8 Å². The summed E-state index contributed by atoms with van der Waals surface area (Å²) < 4.78 is 28.1. The van der Waals surface area contributed by atoms with Crippen LogP contribution in [0, 0.1) is 18.8 Å². The van der Waals surface area contributed by atoms with E-state index < -0.39 is 40.4 Å². The third-order valence-electron chi connectivity index (χ3n) is 5.58. The molecule has 1 aromatic rings. The summed E-state index contributed by atoms with van der Waals surface area (Å²) >= 11 is 0. The van der Waals surface area contributed by atoms with Crippen molar-refractivity contribution in [2.24, 2.45) is 11.8 Å². The first-order valence-corrected chi connectivity index (χ1v) is 12.5. The fraction of sp³-hybridized carbons (Fsp3) is 0.545. The summed E-state index contributed by atoms with van der Waals surface area (Å²) in [6.07, 6.45) is 0.730. The Morgan fingerprint density at radius 1 is 1.03 bits per heavy atom. The monoisotopic (exact) mass is 496 g/mol. The summed E-state index contributed by atoms with van der Waals surface area (Å²) in [6, 6.07) is 5.41. The molecule has 0 spiro atoms. The molecule has 1 aliphatic rings. The minimum absolute atomic E-state index is 0.0827. The Kier molecular flexibility index (Phi) is 9.56. The van der Waals surface area contributed by atoms with Crippen LogP contribution < -0.4 is 15.4 Å². The van der Waals surface area contributed by atoms with Crippen molar-refractivity contribution in [3.8, 4) is 0 Å². The molecule has 0 aromatic heterocycles. The summed E-state index contributed by atoms with van der Waals surface area (Å²) in [4.78, 5) is 49.1. The maximum absolute atomic E-state index is 13.1. The Balaban J connectivity index is 1.92. The number of benzene rings is 1. The number of nitrogens with zero attached hydrogens (tertiary/aromatic N) is 1. The number of amides is 3. The van der Waals surface area contributed by atoms with Crippen LogP contribution in [0.2, 0.25) is 0 Å². The Bertz CT molecular complexity index is 1000. The predicted octanol–water partition coefficient (Wildman–Crippen LogP) is -0.146. The van der Waals surface area contributed by atoms with Gasteiger partial charge in [-0.15, -0.1) is 0 Å². The zero-order chi connectivity index (χ0) is 25.5. The molecular formula is C22H32N4O7S. The first-order chi connectivity index (χ1) is 15.9. The molecule has 1 fully saturated rings. The van der Waals surface area contributed by atoms with Gasteiger partial charge in [0.15, 0.2) is 0 Å². The van der Waals surface area contributed by atoms with Gasteiger partial charge in [-0.1, -0.05) is 31.5 Å². The molecule has 12 heteroatoms. The molecule has 3 amide bonds. The number of likely N-dealkylation sites (tertiary alicyclic amines) is 1. The standard InChI is InChI=1S/C22H32N4O7S/c1-14(2)20(25-34(32,33)17-6-4-15(3)5-7-17)22(31)26-10-8-16(9-11-26)21(30)24-12-18(27)23-13-19(28)29/h4-7,14,16,20,25H,8-13H2,1-3H3,(H,23,27)(H,24,30)(H,28,29)/t20-/m0/s1. The van der Waals surface area contributed by atoms with Crippen molar-refractivity contribution in [1.82, 2.24) is 20.3 Å². The molecule has 1 atom stereocenters. The summed E-state index contributed by atoms with van der Waals surface area (Å²) in [5, 5.41) is 13.2. The second kappa shape index (κ2) is 11.9. The van der Waals surface area contributed by atoms with Crippen LogP contribution in [0.5, 0.6) is 0 Å². The van der Waals surface area contributed by atoms with E-state index >= 15 is 0 Å². The number of nitrogens with one attached hydrogen (secondary N) is 3. The molecule has 1 saturated heterocycles. The van der Waals surface area contributed by atoms with Crippen LogP contribution in [0.15, 0.2) is 29.2 Å². The van der Waals surface area contributed by atoms with E-state index in [1.165, 1.54) is 12.1 Å². The number of hydrogen-bond acceptors (Lipinski definition) is 6. The molecule has 0 bridgehead atoms. The van der Waals surface area contributed by atoms with Gasteiger partial charge in [-0.25, -0.2) is 8.42 Å². The molecule has 11 nitrogen and oxygen atoms in total. The van der Waals surface area contributed by atoms with Crippen LogP contribution in [0.1, 0.15) is 32.3 Å². The quantitative estimate of drug-likeness (QED) is 0.350. The van der Waals surface area contributed by atoms with E-state index in [1.807, 2.05) is 6.92 Å². The first kappa shape index (κ1) is 27.3. The van der Waals surface area contributed by atoms with Crippen LogP contribution in [0.3, 0.4) is 0 Å². The molecular weight excluding hydrogens is 464 g/mol. The lowest BCUT2D eigenvalue weighted by Gasteiger charge is -2.34. The van der Waals surface area contributed by atoms with Gasteiger partial charge >= 0.3 is 5.97 Å². The van der Waals surface area contributed by atoms with E-state index in [9.17, 15) is 27.6 Å². The Morgan fingerprint density at radius 3 is 2.15 bits per heavy atom. The highest BCUT2D eigenvalue weighted by Crippen LogP contribution is 2.20. The SMILES string of the molecule is Cc1ccc(S(=O)(=O)N[C@H](C(=O)N2CCC(C(=O)NCC(=O)NCC(=O)O)CC2)C(C)C)cc1. The van der Waals surface area contributed by atoms with Gasteiger partial charge in [0.1, 0.15) is 12.6 Å². The molecule has 188 valence electrons. The number of aliphatic carboxylic acids is 1. The molecule has 0 unspecified atom stereocenters. The number of hydrogen-bond donors (Lipinski definition) is 4. The van der Waals surface area contributed by atoms with Crippen LogP contribution >= 0.6 is 0 Å². The number of carbonyl (C=O) groups excluding carboxylic acids is 3. The molecule has 2 rings (SSSR count). The van der Waals surface area contributed by atoms with Gasteiger partial charge in [-0.3, -0.25) is 19.2 Å². The van der Waals surface area contributed by atoms with Gasteiger partial charge in [-0.05, 0) is 37.8 Å². The number of sulfonamides is 1. The Hall–Kier alpha value is -2.99. The maximum Gasteiger partial charge on any atom is 0.322 e. The highest BCUT2D eigenvalue weighted by atomic mass is 32.2. The summed E-state index contributed by atoms with van der Waals surface area (Å²) in [7, 11) is -3.89. The van der Waals surface area contributed by atoms with Crippen LogP contribution in [0.4, 0.5) is 0 Å². The van der Waals surface area contributed by atoms with E-state index in [2.05, 4.69) is 15.4 Å². The van der Waals surface area contributed by atoms with E-state index in [1.54, 1.807) is 30.9 Å². The number of carbonyl (C=O) groups is 4. The minimum atomic E-state index is -3.89. The fourth-order valence-electron chi connectivity index (χ4n) is 3.53. The molecule has 34 heavy (non-hydrogen) atoms. The molecule has 1 aromatic carbocycles. The minimum Gasteiger partial charge on any atom is -0.480 e. The molecule has 4 N–H and O–H groups in total. The van der Waals surface area contributed by atoms with Crippen LogP contribution in [-0.2, 0) is 29.2 Å². The van der Waals surface area contributed by atoms with Crippen molar-refractivity contribution in [1.29, 1.82) is 0 Å². The zero-order valence-electron chi connectivity index (χ0n) is 19.5. The lowest BCUT2D eigenvalue weighted by Crippen LogP contribution is -2.53. The molecule has 1 aliphatic heterocycles. The summed E-state index contributed by atoms with van der Waals surface area (Å²) in [6.45, 7) is 5.06. The van der Waals surface area contributed by atoms with Gasteiger partial charge in [0.25, 0.3) is 0 Å². The molecule has 0 aliphatic carbocycles. The smallest absolute Gasteiger partial charge is 0.322 e. The molecule has 0 radical (unpaired) electrons. The second-order valence-corrected chi connectivity index (χ2v) is 10.4. The normalized spacial score (nSPS) is 15.6. The lowest BCUT2D eigenvalue weighted by molar-refractivity contribution is -0.139. The van der Waals surface area contributed by atoms with E-state index in [0.717, 1.165) is 5.56 Å². The van der Waals surface area contributed by atoms with Crippen LogP contribution in [-0.4, -0.2) is 74.3 Å². The van der Waals surface area contributed by atoms with Crippen molar-refractivity contribution in [2.45, 2.75) is 44.6 Å². The third kappa shape index (κ3) is 7.80. The van der Waals surface area contributed by atoms with Gasteiger partial charge in [-0.2, -0.15) is 4.72 Å². The van der Waals surface area contributed by atoms with Crippen molar-refractivity contribution in [3.05, 3.63) is 29.8 Å². The number of carboxylic acids is 1. The zero-order valence-corrected chi connectivity index (χ0v) is 20.4. The number of aryl methyl sites for hydroxylation is 1. The largest absolute Gasteiger partial charge is 0.480 e. The highest BCUT2D eigenvalue weighted by Gasteiger charge is 2.34. The highest BCUT2D eigenvalue weighted by molar-refractivity contribution is 7.89. The van der Waals surface area contributed by atoms with Crippen molar-refractivity contribution < 1.29 is 32.7 Å². The third-order valence-corrected chi connectivity index (χ3v) is 7.04. The van der Waals surface area contributed by atoms with Crippen LogP contribution in [0.25, 0.3) is 0 Å². The summed E-state index contributed by atoms with van der Waals surface area (Å²) in [5.41, 5.74) is 0.920. The molecule has 0 saturated carbocycles. The Morgan fingerprint density at radius 2 is 1.62 bits per heavy atom. The Labute approximate surface area is 199 Å². The average Bonchev–Trinajstić information content (AvgIpc) is 2.79. The predicted molar refractivity (Wildman–Crippen MR) is 123 cm³/mol. The van der Waals surface area contributed by atoms with Crippen molar-refractivity contribution in [2.75, 3.05) is 26.2 Å². The molecule has 1 heterocycles. The maximum atomic E-state index is 13.1. The lowest BCUT2D eigenvalue weighted by atomic mass is 9.94. The topological polar surface area (TPSA) is 162 Å². The van der Waals surface area contributed by atoms with Gasteiger partial charge < -0.3 is 20.6 Å². The number of carboxylic acid groups (broad SMARTS) is 1. The van der Waals surface area contributed by atoms with E-state index in [4.69, 9.17) is 5.11 Å². The number of rotatable bonds is 10. The van der Waals surface area contributed by atoms with Gasteiger partial charge in [0.2, 0.25) is 27.7 Å². The van der Waals surface area contributed by atoms with Crippen molar-refractivity contribution >= 4 is 33.7 Å². The summed E-state index contributed by atoms with van der Waals surface area (Å²) in [5.74, 6) is -3.19. The van der Waals surface area contributed by atoms with Crippen molar-refractivity contribution in [3.63, 3.8) is 0 Å².